The molecule has 1 atom stereocenters. The molecule has 1 amide bonds. The van der Waals surface area contributed by atoms with E-state index in [1.807, 2.05) is 34.2 Å². The molecule has 4 rings (SSSR count). The Bertz CT molecular complexity index is 732. The average molecular weight is 376 g/mol. The van der Waals surface area contributed by atoms with E-state index in [9.17, 15) is 4.79 Å². The van der Waals surface area contributed by atoms with Gasteiger partial charge in [0.1, 0.15) is 0 Å². The fourth-order valence-electron chi connectivity index (χ4n) is 4.08. The molecule has 1 aliphatic carbocycles. The highest BCUT2D eigenvalue weighted by Crippen LogP contribution is 2.60. The summed E-state index contributed by atoms with van der Waals surface area (Å²) in [5.74, 6) is 0.553. The van der Waals surface area contributed by atoms with E-state index >= 15 is 0 Å². The smallest absolute Gasteiger partial charge is 0.226 e. The molecule has 2 aliphatic rings. The summed E-state index contributed by atoms with van der Waals surface area (Å²) >= 11 is 3.45. The quantitative estimate of drug-likeness (QED) is 0.798. The van der Waals surface area contributed by atoms with Gasteiger partial charge in [-0.15, -0.1) is 22.7 Å². The van der Waals surface area contributed by atoms with Crippen LogP contribution in [0.5, 0.6) is 0 Å². The summed E-state index contributed by atoms with van der Waals surface area (Å²) in [7, 11) is 1.92. The fraction of sp³-hybridized carbons (Fsp3) is 0.579. The van der Waals surface area contributed by atoms with E-state index in [-0.39, 0.29) is 11.3 Å². The predicted molar refractivity (Wildman–Crippen MR) is 103 cm³/mol. The van der Waals surface area contributed by atoms with Crippen molar-refractivity contribution in [2.45, 2.75) is 39.3 Å². The molecule has 1 spiro atoms. The minimum atomic E-state index is 0.238. The fourth-order valence-corrected chi connectivity index (χ4v) is 5.57. The van der Waals surface area contributed by atoms with Gasteiger partial charge in [-0.25, -0.2) is 4.98 Å². The first-order valence-electron chi connectivity index (χ1n) is 8.95. The molecule has 2 aromatic rings. The van der Waals surface area contributed by atoms with Crippen LogP contribution in [0.2, 0.25) is 0 Å². The van der Waals surface area contributed by atoms with E-state index < -0.39 is 0 Å². The van der Waals surface area contributed by atoms with Gasteiger partial charge in [-0.05, 0) is 61.7 Å². The molecule has 4 nitrogen and oxygen atoms in total. The second kappa shape index (κ2) is 6.82. The number of likely N-dealkylation sites (tertiary alicyclic amines) is 1. The molecule has 6 heteroatoms. The van der Waals surface area contributed by atoms with Crippen molar-refractivity contribution in [3.8, 4) is 0 Å². The molecule has 0 aromatic carbocycles. The van der Waals surface area contributed by atoms with Gasteiger partial charge in [0.05, 0.1) is 17.7 Å². The number of piperidine rings is 1. The van der Waals surface area contributed by atoms with Gasteiger partial charge in [0.15, 0.2) is 0 Å². The van der Waals surface area contributed by atoms with Gasteiger partial charge < -0.3 is 4.90 Å². The minimum absolute atomic E-state index is 0.238. The Morgan fingerprint density at radius 3 is 2.88 bits per heavy atom. The number of amides is 1. The number of hydrogen-bond acceptors (Lipinski definition) is 5. The lowest BCUT2D eigenvalue weighted by molar-refractivity contribution is -0.133. The Morgan fingerprint density at radius 2 is 2.24 bits per heavy atom. The zero-order valence-corrected chi connectivity index (χ0v) is 16.5. The van der Waals surface area contributed by atoms with Gasteiger partial charge in [-0.1, -0.05) is 0 Å². The number of hydrogen-bond donors (Lipinski definition) is 0. The van der Waals surface area contributed by atoms with Crippen LogP contribution in [0.25, 0.3) is 0 Å². The number of aryl methyl sites for hydroxylation is 1. The van der Waals surface area contributed by atoms with Crippen LogP contribution in [-0.2, 0) is 17.9 Å². The number of aromatic nitrogens is 1. The topological polar surface area (TPSA) is 36.4 Å². The molecule has 0 radical (unpaired) electrons. The molecule has 0 bridgehead atoms. The number of nitrogens with zero attached hydrogens (tertiary/aromatic N) is 3. The summed E-state index contributed by atoms with van der Waals surface area (Å²) < 4.78 is 0. The maximum atomic E-state index is 12.8. The maximum Gasteiger partial charge on any atom is 0.226 e. The predicted octanol–water partition coefficient (Wildman–Crippen LogP) is 3.77. The van der Waals surface area contributed by atoms with Crippen LogP contribution in [0.15, 0.2) is 22.3 Å². The van der Waals surface area contributed by atoms with Crippen LogP contribution in [0.3, 0.4) is 0 Å². The third-order valence-electron chi connectivity index (χ3n) is 5.93. The summed E-state index contributed by atoms with van der Waals surface area (Å²) in [6.07, 6.45) is 3.41. The Kier molecular flexibility index (Phi) is 4.69. The molecule has 25 heavy (non-hydrogen) atoms. The Balaban J connectivity index is 1.29. The van der Waals surface area contributed by atoms with E-state index in [0.717, 1.165) is 31.7 Å². The SMILES string of the molecule is Cc1ccsc1CN1CCC2(CC1)CC2C(=O)N(C)Cc1cscn1. The van der Waals surface area contributed by atoms with Crippen molar-refractivity contribution in [3.05, 3.63) is 38.5 Å². The second-order valence-electron chi connectivity index (χ2n) is 7.60. The summed E-state index contributed by atoms with van der Waals surface area (Å²) in [5.41, 5.74) is 4.52. The van der Waals surface area contributed by atoms with Gasteiger partial charge in [0.25, 0.3) is 0 Å². The molecule has 0 N–H and O–H groups in total. The van der Waals surface area contributed by atoms with E-state index in [1.54, 1.807) is 11.3 Å². The summed E-state index contributed by atoms with van der Waals surface area (Å²) in [6, 6.07) is 2.21. The van der Waals surface area contributed by atoms with Gasteiger partial charge in [-0.2, -0.15) is 0 Å². The highest BCUT2D eigenvalue weighted by Gasteiger charge is 2.58. The lowest BCUT2D eigenvalue weighted by Crippen LogP contribution is -2.37. The van der Waals surface area contributed by atoms with Gasteiger partial charge >= 0.3 is 0 Å². The molecule has 1 saturated carbocycles. The van der Waals surface area contributed by atoms with Crippen LogP contribution in [0.1, 0.15) is 35.4 Å². The lowest BCUT2D eigenvalue weighted by Gasteiger charge is -2.33. The standard InChI is InChI=1S/C19H25N3OS2/c1-14-3-8-25-17(14)11-22-6-4-19(5-7-22)9-16(19)18(23)21(2)10-15-12-24-13-20-15/h3,8,12-13,16H,4-7,9-11H2,1-2H3. The van der Waals surface area contributed by atoms with Gasteiger partial charge in [0, 0.05) is 29.8 Å². The molecular formula is C19H25N3OS2. The van der Waals surface area contributed by atoms with Crippen molar-refractivity contribution in [3.63, 3.8) is 0 Å². The molecular weight excluding hydrogens is 350 g/mol. The highest BCUT2D eigenvalue weighted by molar-refractivity contribution is 7.10. The third-order valence-corrected chi connectivity index (χ3v) is 7.58. The third kappa shape index (κ3) is 3.52. The maximum absolute atomic E-state index is 12.8. The first-order chi connectivity index (χ1) is 12.1. The summed E-state index contributed by atoms with van der Waals surface area (Å²) in [4.78, 5) is 23.0. The number of carbonyl (C=O) groups is 1. The Labute approximate surface area is 157 Å². The van der Waals surface area contributed by atoms with Gasteiger partial charge in [0.2, 0.25) is 5.91 Å². The average Bonchev–Trinajstić information content (AvgIpc) is 2.92. The first-order valence-corrected chi connectivity index (χ1v) is 10.8. The molecule has 2 fully saturated rings. The van der Waals surface area contributed by atoms with Crippen molar-refractivity contribution < 1.29 is 4.79 Å². The van der Waals surface area contributed by atoms with Crippen molar-refractivity contribution >= 4 is 28.6 Å². The number of rotatable bonds is 5. The normalized spacial score (nSPS) is 22.2. The van der Waals surface area contributed by atoms with Crippen LogP contribution >= 0.6 is 22.7 Å². The highest BCUT2D eigenvalue weighted by atomic mass is 32.1. The molecule has 1 saturated heterocycles. The van der Waals surface area contributed by atoms with Crippen molar-refractivity contribution in [2.75, 3.05) is 20.1 Å². The van der Waals surface area contributed by atoms with Gasteiger partial charge in [-0.3, -0.25) is 9.69 Å². The van der Waals surface area contributed by atoms with Crippen LogP contribution in [-0.4, -0.2) is 40.8 Å². The van der Waals surface area contributed by atoms with Crippen LogP contribution < -0.4 is 0 Å². The van der Waals surface area contributed by atoms with E-state index in [1.165, 1.54) is 23.3 Å². The molecule has 1 unspecified atom stereocenters. The lowest BCUT2D eigenvalue weighted by atomic mass is 9.90. The summed E-state index contributed by atoms with van der Waals surface area (Å²) in [5, 5.41) is 4.21. The second-order valence-corrected chi connectivity index (χ2v) is 9.32. The zero-order chi connectivity index (χ0) is 17.4. The Morgan fingerprint density at radius 1 is 1.44 bits per heavy atom. The van der Waals surface area contributed by atoms with E-state index in [2.05, 4.69) is 28.3 Å². The number of thiazole rings is 1. The van der Waals surface area contributed by atoms with Crippen LogP contribution in [0.4, 0.5) is 0 Å². The minimum Gasteiger partial charge on any atom is -0.340 e. The summed E-state index contributed by atoms with van der Waals surface area (Å²) in [6.45, 7) is 6.15. The number of carbonyl (C=O) groups excluding carboxylic acids is 1. The molecule has 1 aliphatic heterocycles. The van der Waals surface area contributed by atoms with E-state index in [0.29, 0.717) is 12.5 Å². The van der Waals surface area contributed by atoms with E-state index in [4.69, 9.17) is 0 Å². The Hall–Kier alpha value is -1.24. The van der Waals surface area contributed by atoms with Crippen LogP contribution in [0, 0.1) is 18.3 Å². The molecule has 2 aromatic heterocycles. The van der Waals surface area contributed by atoms with Crippen molar-refractivity contribution in [2.24, 2.45) is 11.3 Å². The molecule has 3 heterocycles. The monoisotopic (exact) mass is 375 g/mol. The largest absolute Gasteiger partial charge is 0.340 e. The molecule has 134 valence electrons. The van der Waals surface area contributed by atoms with Crippen molar-refractivity contribution in [1.82, 2.24) is 14.8 Å². The zero-order valence-electron chi connectivity index (χ0n) is 14.9. The first kappa shape index (κ1) is 17.2. The number of thiophene rings is 1. The van der Waals surface area contributed by atoms with Crippen molar-refractivity contribution in [1.29, 1.82) is 0 Å².